The molecule has 0 fully saturated rings. The minimum atomic E-state index is -0.240. The maximum absolute atomic E-state index is 13.4. The first-order valence-electron chi connectivity index (χ1n) is 7.55. The third-order valence-electron chi connectivity index (χ3n) is 3.61. The maximum atomic E-state index is 13.4. The first kappa shape index (κ1) is 17.4. The Labute approximate surface area is 140 Å². The van der Waals surface area contributed by atoms with Gasteiger partial charge in [-0.2, -0.15) is 0 Å². The molecule has 0 bridgehead atoms. The van der Waals surface area contributed by atoms with Crippen LogP contribution in [0.3, 0.4) is 0 Å². The lowest BCUT2D eigenvalue weighted by atomic mass is 10.1. The molecular weight excluding hydrogens is 315 g/mol. The molecule has 0 aromatic heterocycles. The summed E-state index contributed by atoms with van der Waals surface area (Å²) in [5, 5.41) is 6.62. The molecule has 0 spiro atoms. The molecule has 0 aliphatic heterocycles. The standard InChI is InChI=1S/C18H20ClFN2O/c1-13(14-6-8-16(19)9-7-14)22-12-18(23)21-11-10-15-4-2-3-5-17(15)20/h2-9,13,22H,10-12H2,1H3,(H,21,23)/t13-/m1/s1. The molecule has 0 heterocycles. The zero-order valence-electron chi connectivity index (χ0n) is 13.0. The lowest BCUT2D eigenvalue weighted by Gasteiger charge is -2.14. The molecule has 3 nitrogen and oxygen atoms in total. The van der Waals surface area contributed by atoms with Crippen LogP contribution in [0.4, 0.5) is 4.39 Å². The number of rotatable bonds is 7. The van der Waals surface area contributed by atoms with Crippen molar-refractivity contribution in [2.45, 2.75) is 19.4 Å². The van der Waals surface area contributed by atoms with Crippen LogP contribution < -0.4 is 10.6 Å². The predicted molar refractivity (Wildman–Crippen MR) is 91.0 cm³/mol. The third kappa shape index (κ3) is 5.66. The molecule has 2 N–H and O–H groups in total. The van der Waals surface area contributed by atoms with E-state index in [9.17, 15) is 9.18 Å². The van der Waals surface area contributed by atoms with Crippen molar-refractivity contribution in [3.8, 4) is 0 Å². The van der Waals surface area contributed by atoms with E-state index in [4.69, 9.17) is 11.6 Å². The van der Waals surface area contributed by atoms with Gasteiger partial charge in [-0.3, -0.25) is 4.79 Å². The third-order valence-corrected chi connectivity index (χ3v) is 3.87. The number of carbonyl (C=O) groups is 1. The lowest BCUT2D eigenvalue weighted by Crippen LogP contribution is -2.36. The fraction of sp³-hybridized carbons (Fsp3) is 0.278. The van der Waals surface area contributed by atoms with Gasteiger partial charge in [0.1, 0.15) is 5.82 Å². The Bertz CT molecular complexity index is 646. The van der Waals surface area contributed by atoms with E-state index in [1.165, 1.54) is 6.07 Å². The van der Waals surface area contributed by atoms with Crippen LogP contribution >= 0.6 is 11.6 Å². The summed E-state index contributed by atoms with van der Waals surface area (Å²) < 4.78 is 13.4. The van der Waals surface area contributed by atoms with E-state index in [0.29, 0.717) is 23.6 Å². The molecule has 0 unspecified atom stereocenters. The van der Waals surface area contributed by atoms with Crippen LogP contribution in [-0.2, 0) is 11.2 Å². The van der Waals surface area contributed by atoms with Gasteiger partial charge in [0.25, 0.3) is 0 Å². The minimum absolute atomic E-state index is 0.0459. The minimum Gasteiger partial charge on any atom is -0.355 e. The first-order chi connectivity index (χ1) is 11.1. The number of amides is 1. The van der Waals surface area contributed by atoms with Crippen LogP contribution in [0.1, 0.15) is 24.1 Å². The molecule has 122 valence electrons. The fourth-order valence-electron chi connectivity index (χ4n) is 2.22. The normalized spacial score (nSPS) is 12.0. The number of nitrogens with one attached hydrogen (secondary N) is 2. The highest BCUT2D eigenvalue weighted by molar-refractivity contribution is 6.30. The van der Waals surface area contributed by atoms with Crippen molar-refractivity contribution in [1.29, 1.82) is 0 Å². The highest BCUT2D eigenvalue weighted by atomic mass is 35.5. The van der Waals surface area contributed by atoms with E-state index >= 15 is 0 Å². The van der Waals surface area contributed by atoms with Crippen LogP contribution in [-0.4, -0.2) is 19.0 Å². The Morgan fingerprint density at radius 1 is 1.17 bits per heavy atom. The van der Waals surface area contributed by atoms with Crippen LogP contribution in [0.5, 0.6) is 0 Å². The van der Waals surface area contributed by atoms with Crippen LogP contribution in [0.2, 0.25) is 5.02 Å². The summed E-state index contributed by atoms with van der Waals surface area (Å²) in [5.74, 6) is -0.349. The van der Waals surface area contributed by atoms with Crippen molar-refractivity contribution >= 4 is 17.5 Å². The van der Waals surface area contributed by atoms with E-state index in [0.717, 1.165) is 5.56 Å². The SMILES string of the molecule is C[C@@H](NCC(=O)NCCc1ccccc1F)c1ccc(Cl)cc1. The molecule has 5 heteroatoms. The average Bonchev–Trinajstić information content (AvgIpc) is 2.55. The van der Waals surface area contributed by atoms with E-state index in [2.05, 4.69) is 10.6 Å². The fourth-order valence-corrected chi connectivity index (χ4v) is 2.34. The number of halogens is 2. The van der Waals surface area contributed by atoms with Gasteiger partial charge in [-0.15, -0.1) is 0 Å². The van der Waals surface area contributed by atoms with Gasteiger partial charge in [-0.1, -0.05) is 41.9 Å². The molecule has 0 saturated carbocycles. The first-order valence-corrected chi connectivity index (χ1v) is 7.93. The average molecular weight is 335 g/mol. The quantitative estimate of drug-likeness (QED) is 0.813. The van der Waals surface area contributed by atoms with Crippen molar-refractivity contribution in [2.75, 3.05) is 13.1 Å². The Morgan fingerprint density at radius 2 is 1.87 bits per heavy atom. The molecule has 2 aromatic carbocycles. The molecular formula is C18H20ClFN2O. The summed E-state index contributed by atoms with van der Waals surface area (Å²) in [5.41, 5.74) is 1.67. The lowest BCUT2D eigenvalue weighted by molar-refractivity contribution is -0.120. The molecule has 0 aliphatic rings. The van der Waals surface area contributed by atoms with Gasteiger partial charge in [0, 0.05) is 17.6 Å². The van der Waals surface area contributed by atoms with Crippen molar-refractivity contribution < 1.29 is 9.18 Å². The van der Waals surface area contributed by atoms with Gasteiger partial charge in [-0.25, -0.2) is 4.39 Å². The summed E-state index contributed by atoms with van der Waals surface area (Å²) in [6.45, 7) is 2.60. The van der Waals surface area contributed by atoms with Crippen molar-refractivity contribution in [1.82, 2.24) is 10.6 Å². The van der Waals surface area contributed by atoms with E-state index < -0.39 is 0 Å². The van der Waals surface area contributed by atoms with Crippen molar-refractivity contribution in [2.24, 2.45) is 0 Å². The van der Waals surface area contributed by atoms with Crippen LogP contribution in [0.25, 0.3) is 0 Å². The second-order valence-electron chi connectivity index (χ2n) is 5.35. The van der Waals surface area contributed by atoms with Gasteiger partial charge in [0.2, 0.25) is 5.91 Å². The van der Waals surface area contributed by atoms with E-state index in [1.54, 1.807) is 18.2 Å². The van der Waals surface area contributed by atoms with Crippen molar-refractivity contribution in [3.05, 3.63) is 70.5 Å². The Balaban J connectivity index is 1.71. The van der Waals surface area contributed by atoms with E-state index in [-0.39, 0.29) is 24.3 Å². The Kier molecular flexibility index (Phi) is 6.56. The summed E-state index contributed by atoms with van der Waals surface area (Å²) in [6, 6.07) is 14.1. The topological polar surface area (TPSA) is 41.1 Å². The highest BCUT2D eigenvalue weighted by Crippen LogP contribution is 2.15. The monoisotopic (exact) mass is 334 g/mol. The summed E-state index contributed by atoms with van der Waals surface area (Å²) >= 11 is 5.85. The zero-order chi connectivity index (χ0) is 16.7. The zero-order valence-corrected chi connectivity index (χ0v) is 13.7. The smallest absolute Gasteiger partial charge is 0.233 e. The molecule has 0 radical (unpaired) electrons. The number of hydrogen-bond acceptors (Lipinski definition) is 2. The van der Waals surface area contributed by atoms with Gasteiger partial charge in [0.15, 0.2) is 0 Å². The van der Waals surface area contributed by atoms with Gasteiger partial charge in [0.05, 0.1) is 6.54 Å². The summed E-state index contributed by atoms with van der Waals surface area (Å²) in [6.07, 6.45) is 0.477. The molecule has 2 aromatic rings. The molecule has 1 amide bonds. The molecule has 1 atom stereocenters. The van der Waals surface area contributed by atoms with Crippen molar-refractivity contribution in [3.63, 3.8) is 0 Å². The molecule has 0 aliphatic carbocycles. The molecule has 0 saturated heterocycles. The van der Waals surface area contributed by atoms with Crippen LogP contribution in [0.15, 0.2) is 48.5 Å². The summed E-state index contributed by atoms with van der Waals surface area (Å²) in [7, 11) is 0. The highest BCUT2D eigenvalue weighted by Gasteiger charge is 2.08. The second-order valence-corrected chi connectivity index (χ2v) is 5.78. The van der Waals surface area contributed by atoms with Gasteiger partial charge in [-0.05, 0) is 42.7 Å². The Hall–Kier alpha value is -1.91. The molecule has 2 rings (SSSR count). The maximum Gasteiger partial charge on any atom is 0.233 e. The predicted octanol–water partition coefficient (Wildman–Crippen LogP) is 3.49. The summed E-state index contributed by atoms with van der Waals surface area (Å²) in [4.78, 5) is 11.8. The Morgan fingerprint density at radius 3 is 2.57 bits per heavy atom. The van der Waals surface area contributed by atoms with Gasteiger partial charge < -0.3 is 10.6 Å². The number of benzene rings is 2. The number of hydrogen-bond donors (Lipinski definition) is 2. The number of carbonyl (C=O) groups excluding carboxylic acids is 1. The van der Waals surface area contributed by atoms with E-state index in [1.807, 2.05) is 31.2 Å². The van der Waals surface area contributed by atoms with Crippen LogP contribution in [0, 0.1) is 5.82 Å². The van der Waals surface area contributed by atoms with Gasteiger partial charge >= 0.3 is 0 Å². The molecule has 23 heavy (non-hydrogen) atoms. The second kappa shape index (κ2) is 8.65. The largest absolute Gasteiger partial charge is 0.355 e.